The van der Waals surface area contributed by atoms with Crippen LogP contribution in [0.1, 0.15) is 12.5 Å². The van der Waals surface area contributed by atoms with Crippen molar-refractivity contribution >= 4 is 27.4 Å². The number of carbonyl (C=O) groups excluding carboxylic acids is 1. The van der Waals surface area contributed by atoms with E-state index < -0.39 is 0 Å². The minimum absolute atomic E-state index is 0.196. The monoisotopic (exact) mass is 250 g/mol. The molecule has 1 aromatic carbocycles. The summed E-state index contributed by atoms with van der Waals surface area (Å²) >= 11 is 1.62. The molecule has 17 heavy (non-hydrogen) atoms. The van der Waals surface area contributed by atoms with E-state index in [1.54, 1.807) is 18.4 Å². The van der Waals surface area contributed by atoms with Crippen LogP contribution in [0.25, 0.3) is 10.1 Å². The summed E-state index contributed by atoms with van der Waals surface area (Å²) in [7, 11) is 1.64. The number of hydrogen-bond donors (Lipinski definition) is 0. The number of fused-ring (bicyclic) bond motifs is 1. The fraction of sp³-hybridized carbons (Fsp3) is 0.308. The standard InChI is InChI=1S/C13H14O3S/c1-3-16-12(14)7-9-8-17-11-6-4-5-10(15-2)13(9)11/h4-6,8H,3,7H2,1-2H3. The van der Waals surface area contributed by atoms with Gasteiger partial charge in [-0.25, -0.2) is 0 Å². The van der Waals surface area contributed by atoms with E-state index in [2.05, 4.69) is 0 Å². The molecule has 3 nitrogen and oxygen atoms in total. The molecule has 0 N–H and O–H groups in total. The van der Waals surface area contributed by atoms with E-state index in [-0.39, 0.29) is 5.97 Å². The highest BCUT2D eigenvalue weighted by molar-refractivity contribution is 7.17. The zero-order valence-corrected chi connectivity index (χ0v) is 10.7. The summed E-state index contributed by atoms with van der Waals surface area (Å²) in [5.41, 5.74) is 0.973. The maximum atomic E-state index is 11.5. The van der Waals surface area contributed by atoms with Crippen LogP contribution in [0.4, 0.5) is 0 Å². The Labute approximate surface area is 104 Å². The van der Waals surface area contributed by atoms with Crippen molar-refractivity contribution in [1.29, 1.82) is 0 Å². The van der Waals surface area contributed by atoms with Crippen LogP contribution in [0.15, 0.2) is 23.6 Å². The van der Waals surface area contributed by atoms with Gasteiger partial charge in [0.25, 0.3) is 0 Å². The van der Waals surface area contributed by atoms with Crippen LogP contribution < -0.4 is 4.74 Å². The largest absolute Gasteiger partial charge is 0.496 e. The molecule has 0 spiro atoms. The summed E-state index contributed by atoms with van der Waals surface area (Å²) in [4.78, 5) is 11.5. The molecule has 0 fully saturated rings. The van der Waals surface area contributed by atoms with Crippen LogP contribution in [-0.4, -0.2) is 19.7 Å². The minimum Gasteiger partial charge on any atom is -0.496 e. The number of ether oxygens (including phenoxy) is 2. The molecule has 0 atom stereocenters. The summed E-state index contributed by atoms with van der Waals surface area (Å²) in [6, 6.07) is 5.88. The predicted octanol–water partition coefficient (Wildman–Crippen LogP) is 3.02. The van der Waals surface area contributed by atoms with Gasteiger partial charge in [-0.05, 0) is 30.0 Å². The summed E-state index contributed by atoms with van der Waals surface area (Å²) in [5.74, 6) is 0.612. The molecular formula is C13H14O3S. The van der Waals surface area contributed by atoms with E-state index in [1.165, 1.54) is 0 Å². The van der Waals surface area contributed by atoms with Gasteiger partial charge in [-0.1, -0.05) is 6.07 Å². The van der Waals surface area contributed by atoms with Crippen molar-refractivity contribution in [3.63, 3.8) is 0 Å². The van der Waals surface area contributed by atoms with E-state index in [4.69, 9.17) is 9.47 Å². The molecule has 0 radical (unpaired) electrons. The van der Waals surface area contributed by atoms with Crippen molar-refractivity contribution in [1.82, 2.24) is 0 Å². The Morgan fingerprint density at radius 1 is 1.41 bits per heavy atom. The molecule has 1 heterocycles. The Morgan fingerprint density at radius 3 is 2.94 bits per heavy atom. The first-order chi connectivity index (χ1) is 8.26. The van der Waals surface area contributed by atoms with Crippen molar-refractivity contribution in [2.24, 2.45) is 0 Å². The Bertz CT molecular complexity index is 530. The number of carbonyl (C=O) groups is 1. The lowest BCUT2D eigenvalue weighted by molar-refractivity contribution is -0.142. The van der Waals surface area contributed by atoms with Crippen molar-refractivity contribution < 1.29 is 14.3 Å². The van der Waals surface area contributed by atoms with Crippen LogP contribution in [-0.2, 0) is 16.0 Å². The predicted molar refractivity (Wildman–Crippen MR) is 68.7 cm³/mol. The van der Waals surface area contributed by atoms with Gasteiger partial charge in [0, 0.05) is 10.1 Å². The molecule has 0 amide bonds. The van der Waals surface area contributed by atoms with Crippen LogP contribution in [0.5, 0.6) is 5.75 Å². The number of hydrogen-bond acceptors (Lipinski definition) is 4. The lowest BCUT2D eigenvalue weighted by atomic mass is 10.1. The van der Waals surface area contributed by atoms with Crippen molar-refractivity contribution in [3.8, 4) is 5.75 Å². The van der Waals surface area contributed by atoms with E-state index >= 15 is 0 Å². The third kappa shape index (κ3) is 2.42. The molecule has 2 rings (SSSR count). The average Bonchev–Trinajstić information content (AvgIpc) is 2.73. The van der Waals surface area contributed by atoms with Crippen LogP contribution in [0.2, 0.25) is 0 Å². The van der Waals surface area contributed by atoms with Crippen molar-refractivity contribution in [2.75, 3.05) is 13.7 Å². The van der Waals surface area contributed by atoms with Crippen LogP contribution >= 0.6 is 11.3 Å². The molecule has 0 bridgehead atoms. The van der Waals surface area contributed by atoms with Crippen molar-refractivity contribution in [2.45, 2.75) is 13.3 Å². The molecule has 4 heteroatoms. The molecule has 0 unspecified atom stereocenters. The van der Waals surface area contributed by atoms with Gasteiger partial charge in [-0.3, -0.25) is 4.79 Å². The van der Waals surface area contributed by atoms with Crippen LogP contribution in [0, 0.1) is 0 Å². The lowest BCUT2D eigenvalue weighted by Crippen LogP contribution is -2.07. The molecule has 0 aliphatic rings. The molecule has 0 saturated carbocycles. The number of rotatable bonds is 4. The Balaban J connectivity index is 2.37. The van der Waals surface area contributed by atoms with Gasteiger partial charge in [0.15, 0.2) is 0 Å². The Hall–Kier alpha value is -1.55. The normalized spacial score (nSPS) is 10.5. The topological polar surface area (TPSA) is 35.5 Å². The Morgan fingerprint density at radius 2 is 2.24 bits per heavy atom. The minimum atomic E-state index is -0.196. The van der Waals surface area contributed by atoms with Gasteiger partial charge in [-0.15, -0.1) is 11.3 Å². The second-order valence-electron chi connectivity index (χ2n) is 3.58. The average molecular weight is 250 g/mol. The number of esters is 1. The third-order valence-electron chi connectivity index (χ3n) is 2.50. The highest BCUT2D eigenvalue weighted by atomic mass is 32.1. The van der Waals surface area contributed by atoms with E-state index in [9.17, 15) is 4.79 Å². The highest BCUT2D eigenvalue weighted by Gasteiger charge is 2.13. The zero-order chi connectivity index (χ0) is 12.3. The van der Waals surface area contributed by atoms with Gasteiger partial charge in [0.2, 0.25) is 0 Å². The van der Waals surface area contributed by atoms with E-state index in [1.807, 2.05) is 30.5 Å². The van der Waals surface area contributed by atoms with Crippen molar-refractivity contribution in [3.05, 3.63) is 29.1 Å². The first-order valence-electron chi connectivity index (χ1n) is 5.45. The molecule has 0 aliphatic carbocycles. The first kappa shape index (κ1) is 11.9. The molecule has 2 aromatic rings. The fourth-order valence-corrected chi connectivity index (χ4v) is 2.76. The Kier molecular flexibility index (Phi) is 3.64. The fourth-order valence-electron chi connectivity index (χ4n) is 1.79. The van der Waals surface area contributed by atoms with Gasteiger partial charge < -0.3 is 9.47 Å². The van der Waals surface area contributed by atoms with Gasteiger partial charge >= 0.3 is 5.97 Å². The summed E-state index contributed by atoms with van der Waals surface area (Å²) in [6.45, 7) is 2.22. The van der Waals surface area contributed by atoms with Gasteiger partial charge in [0.05, 0.1) is 20.1 Å². The quantitative estimate of drug-likeness (QED) is 0.782. The van der Waals surface area contributed by atoms with E-state index in [0.29, 0.717) is 13.0 Å². The number of methoxy groups -OCH3 is 1. The van der Waals surface area contributed by atoms with Gasteiger partial charge in [-0.2, -0.15) is 0 Å². The second kappa shape index (κ2) is 5.19. The van der Waals surface area contributed by atoms with Gasteiger partial charge in [0.1, 0.15) is 5.75 Å². The molecular weight excluding hydrogens is 236 g/mol. The SMILES string of the molecule is CCOC(=O)Cc1csc2cccc(OC)c12. The summed E-state index contributed by atoms with van der Waals surface area (Å²) in [6.07, 6.45) is 0.300. The van der Waals surface area contributed by atoms with E-state index in [0.717, 1.165) is 21.4 Å². The first-order valence-corrected chi connectivity index (χ1v) is 6.33. The smallest absolute Gasteiger partial charge is 0.310 e. The lowest BCUT2D eigenvalue weighted by Gasteiger charge is -2.05. The maximum absolute atomic E-state index is 11.5. The second-order valence-corrected chi connectivity index (χ2v) is 4.49. The molecule has 0 aliphatic heterocycles. The summed E-state index contributed by atoms with van der Waals surface area (Å²) < 4.78 is 11.4. The zero-order valence-electron chi connectivity index (χ0n) is 9.86. The highest BCUT2D eigenvalue weighted by Crippen LogP contribution is 2.33. The molecule has 0 saturated heterocycles. The maximum Gasteiger partial charge on any atom is 0.310 e. The number of benzene rings is 1. The van der Waals surface area contributed by atoms with Crippen LogP contribution in [0.3, 0.4) is 0 Å². The molecule has 90 valence electrons. The third-order valence-corrected chi connectivity index (χ3v) is 3.49. The summed E-state index contributed by atoms with van der Waals surface area (Å²) in [5, 5.41) is 3.01. The number of thiophene rings is 1. The molecule has 1 aromatic heterocycles.